The van der Waals surface area contributed by atoms with Crippen LogP contribution in [-0.4, -0.2) is 7.11 Å². The van der Waals surface area contributed by atoms with E-state index in [9.17, 15) is 4.39 Å². The zero-order valence-electron chi connectivity index (χ0n) is 11.2. The molecule has 2 nitrogen and oxygen atoms in total. The Balaban J connectivity index is 1.95. The van der Waals surface area contributed by atoms with Gasteiger partial charge < -0.3 is 10.1 Å². The van der Waals surface area contributed by atoms with Crippen LogP contribution >= 0.6 is 0 Å². The zero-order valence-corrected chi connectivity index (χ0v) is 11.2. The van der Waals surface area contributed by atoms with E-state index >= 15 is 0 Å². The fourth-order valence-corrected chi connectivity index (χ4v) is 1.99. The number of hydrogen-bond donors (Lipinski definition) is 1. The number of halogens is 1. The SMILES string of the molecule is COc1ccc(C)cc1CNCc1ccc(F)cc1. The highest BCUT2D eigenvalue weighted by atomic mass is 19.1. The van der Waals surface area contributed by atoms with E-state index in [1.807, 2.05) is 12.1 Å². The first-order valence-corrected chi connectivity index (χ1v) is 6.27. The molecule has 100 valence electrons. The number of benzene rings is 2. The summed E-state index contributed by atoms with van der Waals surface area (Å²) in [4.78, 5) is 0. The van der Waals surface area contributed by atoms with Crippen LogP contribution in [-0.2, 0) is 13.1 Å². The van der Waals surface area contributed by atoms with Crippen LogP contribution in [0.3, 0.4) is 0 Å². The highest BCUT2D eigenvalue weighted by Crippen LogP contribution is 2.19. The van der Waals surface area contributed by atoms with Crippen LogP contribution in [0.2, 0.25) is 0 Å². The van der Waals surface area contributed by atoms with Gasteiger partial charge in [-0.15, -0.1) is 0 Å². The molecule has 1 N–H and O–H groups in total. The average Bonchev–Trinajstić information content (AvgIpc) is 2.41. The van der Waals surface area contributed by atoms with Gasteiger partial charge in [-0.05, 0) is 30.7 Å². The standard InChI is InChI=1S/C16H18FNO/c1-12-3-8-16(19-2)14(9-12)11-18-10-13-4-6-15(17)7-5-13/h3-9,18H,10-11H2,1-2H3. The number of aryl methyl sites for hydroxylation is 1. The lowest BCUT2D eigenvalue weighted by atomic mass is 10.1. The minimum Gasteiger partial charge on any atom is -0.496 e. The number of ether oxygens (including phenoxy) is 1. The summed E-state index contributed by atoms with van der Waals surface area (Å²) in [6.07, 6.45) is 0. The number of rotatable bonds is 5. The predicted molar refractivity (Wildman–Crippen MR) is 74.7 cm³/mol. The first-order chi connectivity index (χ1) is 9.19. The Bertz CT molecular complexity index is 537. The maximum Gasteiger partial charge on any atom is 0.123 e. The molecule has 2 aromatic carbocycles. The van der Waals surface area contributed by atoms with E-state index in [2.05, 4.69) is 18.3 Å². The lowest BCUT2D eigenvalue weighted by molar-refractivity contribution is 0.407. The van der Waals surface area contributed by atoms with Crippen molar-refractivity contribution in [3.8, 4) is 5.75 Å². The van der Waals surface area contributed by atoms with Crippen LogP contribution in [0, 0.1) is 12.7 Å². The van der Waals surface area contributed by atoms with Crippen molar-refractivity contribution in [2.24, 2.45) is 0 Å². The van der Waals surface area contributed by atoms with E-state index in [0.717, 1.165) is 23.4 Å². The summed E-state index contributed by atoms with van der Waals surface area (Å²) in [5.74, 6) is 0.682. The summed E-state index contributed by atoms with van der Waals surface area (Å²) < 4.78 is 18.1. The quantitative estimate of drug-likeness (QED) is 0.888. The molecule has 0 unspecified atom stereocenters. The van der Waals surface area contributed by atoms with Crippen molar-refractivity contribution in [3.05, 3.63) is 65.0 Å². The topological polar surface area (TPSA) is 21.3 Å². The predicted octanol–water partition coefficient (Wildman–Crippen LogP) is 3.43. The van der Waals surface area contributed by atoms with Crippen LogP contribution in [0.25, 0.3) is 0 Å². The van der Waals surface area contributed by atoms with Crippen molar-refractivity contribution in [2.75, 3.05) is 7.11 Å². The Kier molecular flexibility index (Phi) is 4.53. The second-order valence-electron chi connectivity index (χ2n) is 4.55. The van der Waals surface area contributed by atoms with E-state index in [1.54, 1.807) is 19.2 Å². The van der Waals surface area contributed by atoms with Gasteiger partial charge in [0, 0.05) is 18.7 Å². The normalized spacial score (nSPS) is 10.5. The van der Waals surface area contributed by atoms with Gasteiger partial charge in [-0.3, -0.25) is 0 Å². The molecular weight excluding hydrogens is 241 g/mol. The summed E-state index contributed by atoms with van der Waals surface area (Å²) in [6.45, 7) is 3.49. The third-order valence-corrected chi connectivity index (χ3v) is 2.99. The molecule has 0 aliphatic carbocycles. The van der Waals surface area contributed by atoms with Gasteiger partial charge in [0.25, 0.3) is 0 Å². The molecule has 0 spiro atoms. The molecule has 2 aromatic rings. The molecule has 3 heteroatoms. The van der Waals surface area contributed by atoms with Gasteiger partial charge in [0.1, 0.15) is 11.6 Å². The Labute approximate surface area is 113 Å². The molecule has 0 aliphatic rings. The summed E-state index contributed by atoms with van der Waals surface area (Å²) in [7, 11) is 1.67. The second kappa shape index (κ2) is 6.34. The van der Waals surface area contributed by atoms with Gasteiger partial charge in [0.05, 0.1) is 7.11 Å². The van der Waals surface area contributed by atoms with E-state index < -0.39 is 0 Å². The molecule has 0 aromatic heterocycles. The Morgan fingerprint density at radius 2 is 1.79 bits per heavy atom. The zero-order chi connectivity index (χ0) is 13.7. The van der Waals surface area contributed by atoms with Crippen LogP contribution in [0.15, 0.2) is 42.5 Å². The summed E-state index contributed by atoms with van der Waals surface area (Å²) in [5, 5.41) is 3.34. The molecule has 0 atom stereocenters. The van der Waals surface area contributed by atoms with Gasteiger partial charge in [-0.25, -0.2) is 4.39 Å². The summed E-state index contributed by atoms with van der Waals surface area (Å²) in [5.41, 5.74) is 3.40. The van der Waals surface area contributed by atoms with Crippen LogP contribution in [0.1, 0.15) is 16.7 Å². The Morgan fingerprint density at radius 1 is 1.05 bits per heavy atom. The molecule has 0 radical (unpaired) electrons. The second-order valence-corrected chi connectivity index (χ2v) is 4.55. The highest BCUT2D eigenvalue weighted by Gasteiger charge is 2.02. The monoisotopic (exact) mass is 259 g/mol. The maximum absolute atomic E-state index is 12.8. The lowest BCUT2D eigenvalue weighted by Gasteiger charge is -2.10. The molecule has 0 amide bonds. The van der Waals surface area contributed by atoms with Gasteiger partial charge in [-0.1, -0.05) is 29.8 Å². The fraction of sp³-hybridized carbons (Fsp3) is 0.250. The first kappa shape index (κ1) is 13.6. The van der Waals surface area contributed by atoms with E-state index in [0.29, 0.717) is 6.54 Å². The van der Waals surface area contributed by atoms with Crippen molar-refractivity contribution in [1.29, 1.82) is 0 Å². The van der Waals surface area contributed by atoms with Crippen LogP contribution in [0.5, 0.6) is 5.75 Å². The number of methoxy groups -OCH3 is 1. The van der Waals surface area contributed by atoms with Gasteiger partial charge >= 0.3 is 0 Å². The number of nitrogens with one attached hydrogen (secondary N) is 1. The minimum absolute atomic E-state index is 0.205. The molecule has 2 rings (SSSR count). The van der Waals surface area contributed by atoms with Crippen LogP contribution < -0.4 is 10.1 Å². The summed E-state index contributed by atoms with van der Waals surface area (Å²) >= 11 is 0. The van der Waals surface area contributed by atoms with Crippen LogP contribution in [0.4, 0.5) is 4.39 Å². The number of hydrogen-bond acceptors (Lipinski definition) is 2. The van der Waals surface area contributed by atoms with Gasteiger partial charge in [0.2, 0.25) is 0 Å². The minimum atomic E-state index is -0.205. The van der Waals surface area contributed by atoms with E-state index in [4.69, 9.17) is 4.74 Å². The molecule has 0 bridgehead atoms. The molecule has 0 fully saturated rings. The van der Waals surface area contributed by atoms with Crippen molar-refractivity contribution >= 4 is 0 Å². The van der Waals surface area contributed by atoms with Crippen molar-refractivity contribution < 1.29 is 9.13 Å². The Hall–Kier alpha value is -1.87. The van der Waals surface area contributed by atoms with Crippen molar-refractivity contribution in [2.45, 2.75) is 20.0 Å². The third-order valence-electron chi connectivity index (χ3n) is 2.99. The molecule has 19 heavy (non-hydrogen) atoms. The molecule has 0 saturated heterocycles. The lowest BCUT2D eigenvalue weighted by Crippen LogP contribution is -2.13. The largest absolute Gasteiger partial charge is 0.496 e. The first-order valence-electron chi connectivity index (χ1n) is 6.27. The summed E-state index contributed by atoms with van der Waals surface area (Å²) in [6, 6.07) is 12.6. The Morgan fingerprint density at radius 3 is 2.47 bits per heavy atom. The smallest absolute Gasteiger partial charge is 0.123 e. The average molecular weight is 259 g/mol. The van der Waals surface area contributed by atoms with Gasteiger partial charge in [0.15, 0.2) is 0 Å². The maximum atomic E-state index is 12.8. The third kappa shape index (κ3) is 3.80. The van der Waals surface area contributed by atoms with Crippen molar-refractivity contribution in [1.82, 2.24) is 5.32 Å². The molecular formula is C16H18FNO. The van der Waals surface area contributed by atoms with Crippen molar-refractivity contribution in [3.63, 3.8) is 0 Å². The molecule has 0 aliphatic heterocycles. The molecule has 0 saturated carbocycles. The van der Waals surface area contributed by atoms with E-state index in [-0.39, 0.29) is 5.82 Å². The highest BCUT2D eigenvalue weighted by molar-refractivity contribution is 5.36. The van der Waals surface area contributed by atoms with E-state index in [1.165, 1.54) is 17.7 Å². The molecule has 0 heterocycles. The van der Waals surface area contributed by atoms with Gasteiger partial charge in [-0.2, -0.15) is 0 Å². The fourth-order valence-electron chi connectivity index (χ4n) is 1.99.